The lowest BCUT2D eigenvalue weighted by Gasteiger charge is -2.13. The lowest BCUT2D eigenvalue weighted by molar-refractivity contribution is -0.153. The molecule has 0 spiro atoms. The summed E-state index contributed by atoms with van der Waals surface area (Å²) in [4.78, 5) is 23.8. The lowest BCUT2D eigenvalue weighted by Crippen LogP contribution is -2.30. The number of hydrogen-bond donors (Lipinski definition) is 1. The highest BCUT2D eigenvalue weighted by molar-refractivity contribution is 7.14. The van der Waals surface area contributed by atoms with Crippen LogP contribution in [0, 0.1) is 17.1 Å². The maximum absolute atomic E-state index is 12.8. The number of thiophene rings is 1. The molecule has 0 saturated carbocycles. The standard InChI is InChI=1S/C17H15FN2O3S/c1-11(16(22)20-17-13(10-19)8-9-24-17)23-15(21)7-4-12-2-5-14(18)6-3-12/h2-3,5-6,8-9,11H,4,7H2,1H3,(H,20,22)/t11-/m0/s1. The second-order valence-electron chi connectivity index (χ2n) is 5.02. The molecule has 0 aliphatic carbocycles. The summed E-state index contributed by atoms with van der Waals surface area (Å²) in [7, 11) is 0. The van der Waals surface area contributed by atoms with E-state index in [4.69, 9.17) is 10.00 Å². The third-order valence-corrected chi connectivity index (χ3v) is 4.06. The fourth-order valence-corrected chi connectivity index (χ4v) is 2.66. The number of hydrogen-bond acceptors (Lipinski definition) is 5. The van der Waals surface area contributed by atoms with Crippen molar-refractivity contribution in [2.45, 2.75) is 25.9 Å². The number of rotatable bonds is 6. The molecule has 1 N–H and O–H groups in total. The van der Waals surface area contributed by atoms with Crippen molar-refractivity contribution in [3.63, 3.8) is 0 Å². The minimum absolute atomic E-state index is 0.0890. The van der Waals surface area contributed by atoms with Crippen molar-refractivity contribution >= 4 is 28.2 Å². The van der Waals surface area contributed by atoms with Crippen LogP contribution in [0.1, 0.15) is 24.5 Å². The molecular weight excluding hydrogens is 331 g/mol. The van der Waals surface area contributed by atoms with Gasteiger partial charge in [0.25, 0.3) is 5.91 Å². The molecule has 0 unspecified atom stereocenters. The minimum atomic E-state index is -0.973. The van der Waals surface area contributed by atoms with Crippen LogP contribution < -0.4 is 5.32 Å². The number of ether oxygens (including phenoxy) is 1. The van der Waals surface area contributed by atoms with Crippen LogP contribution in [-0.4, -0.2) is 18.0 Å². The highest BCUT2D eigenvalue weighted by Gasteiger charge is 2.19. The molecule has 5 nitrogen and oxygen atoms in total. The highest BCUT2D eigenvalue weighted by Crippen LogP contribution is 2.22. The largest absolute Gasteiger partial charge is 0.453 e. The molecule has 1 aromatic heterocycles. The second kappa shape index (κ2) is 8.22. The molecule has 0 saturated heterocycles. The summed E-state index contributed by atoms with van der Waals surface area (Å²) in [5.41, 5.74) is 1.17. The average Bonchev–Trinajstić information content (AvgIpc) is 3.01. The molecule has 124 valence electrons. The molecule has 7 heteroatoms. The van der Waals surface area contributed by atoms with Gasteiger partial charge in [0, 0.05) is 6.42 Å². The van der Waals surface area contributed by atoms with Crippen molar-refractivity contribution in [2.24, 2.45) is 0 Å². The number of aryl methyl sites for hydroxylation is 1. The van der Waals surface area contributed by atoms with E-state index in [0.29, 0.717) is 17.0 Å². The zero-order valence-corrected chi connectivity index (χ0v) is 13.7. The minimum Gasteiger partial charge on any atom is -0.453 e. The predicted octanol–water partition coefficient (Wildman–Crippen LogP) is 3.26. The summed E-state index contributed by atoms with van der Waals surface area (Å²) in [5, 5.41) is 13.6. The van der Waals surface area contributed by atoms with E-state index in [-0.39, 0.29) is 12.2 Å². The first-order valence-electron chi connectivity index (χ1n) is 7.22. The number of amides is 1. The van der Waals surface area contributed by atoms with Crippen molar-refractivity contribution in [2.75, 3.05) is 5.32 Å². The first-order chi connectivity index (χ1) is 11.5. The van der Waals surface area contributed by atoms with Gasteiger partial charge in [0.2, 0.25) is 0 Å². The summed E-state index contributed by atoms with van der Waals surface area (Å²) in [5.74, 6) is -1.35. The van der Waals surface area contributed by atoms with Gasteiger partial charge in [0.15, 0.2) is 6.10 Å². The predicted molar refractivity (Wildman–Crippen MR) is 87.9 cm³/mol. The van der Waals surface area contributed by atoms with Crippen LogP contribution in [0.5, 0.6) is 0 Å². The average molecular weight is 346 g/mol. The molecule has 24 heavy (non-hydrogen) atoms. The molecule has 1 heterocycles. The maximum atomic E-state index is 12.8. The number of carbonyl (C=O) groups excluding carboxylic acids is 2. The number of nitrogens with one attached hydrogen (secondary N) is 1. The van der Waals surface area contributed by atoms with E-state index in [0.717, 1.165) is 5.56 Å². The van der Waals surface area contributed by atoms with Crippen LogP contribution in [0.25, 0.3) is 0 Å². The third-order valence-electron chi connectivity index (χ3n) is 3.23. The van der Waals surface area contributed by atoms with Crippen molar-refractivity contribution in [1.29, 1.82) is 5.26 Å². The SMILES string of the molecule is C[C@H](OC(=O)CCc1ccc(F)cc1)C(=O)Nc1sccc1C#N. The van der Waals surface area contributed by atoms with Crippen LogP contribution in [0.4, 0.5) is 9.39 Å². The van der Waals surface area contributed by atoms with E-state index in [9.17, 15) is 14.0 Å². The topological polar surface area (TPSA) is 79.2 Å². The molecule has 1 atom stereocenters. The van der Waals surface area contributed by atoms with Gasteiger partial charge in [-0.1, -0.05) is 12.1 Å². The number of anilines is 1. The van der Waals surface area contributed by atoms with Crippen molar-refractivity contribution < 1.29 is 18.7 Å². The number of nitriles is 1. The maximum Gasteiger partial charge on any atom is 0.306 e. The second-order valence-corrected chi connectivity index (χ2v) is 5.94. The van der Waals surface area contributed by atoms with Gasteiger partial charge in [0.05, 0.1) is 5.56 Å². The van der Waals surface area contributed by atoms with Crippen LogP contribution in [0.15, 0.2) is 35.7 Å². The molecule has 1 aromatic carbocycles. The summed E-state index contributed by atoms with van der Waals surface area (Å²) in [6.45, 7) is 1.46. The normalized spacial score (nSPS) is 11.4. The van der Waals surface area contributed by atoms with Gasteiger partial charge in [-0.25, -0.2) is 4.39 Å². The van der Waals surface area contributed by atoms with E-state index in [1.807, 2.05) is 6.07 Å². The van der Waals surface area contributed by atoms with Crippen molar-refractivity contribution in [1.82, 2.24) is 0 Å². The van der Waals surface area contributed by atoms with E-state index in [1.165, 1.54) is 30.4 Å². The number of benzene rings is 1. The van der Waals surface area contributed by atoms with E-state index < -0.39 is 18.0 Å². The summed E-state index contributed by atoms with van der Waals surface area (Å²) >= 11 is 1.22. The fraction of sp³-hybridized carbons (Fsp3) is 0.235. The molecule has 2 rings (SSSR count). The van der Waals surface area contributed by atoms with E-state index in [2.05, 4.69) is 5.32 Å². The molecular formula is C17H15FN2O3S. The lowest BCUT2D eigenvalue weighted by atomic mass is 10.1. The Bertz CT molecular complexity index is 765. The Labute approximate surface area is 142 Å². The van der Waals surface area contributed by atoms with E-state index >= 15 is 0 Å². The number of nitrogens with zero attached hydrogens (tertiary/aromatic N) is 1. The Morgan fingerprint density at radius 1 is 1.33 bits per heavy atom. The summed E-state index contributed by atoms with van der Waals surface area (Å²) < 4.78 is 17.9. The Balaban J connectivity index is 1.81. The molecule has 0 radical (unpaired) electrons. The van der Waals surface area contributed by atoms with Gasteiger partial charge >= 0.3 is 5.97 Å². The number of halogens is 1. The number of esters is 1. The Hall–Kier alpha value is -2.72. The Morgan fingerprint density at radius 2 is 2.04 bits per heavy atom. The molecule has 0 bridgehead atoms. The van der Waals surface area contributed by atoms with Gasteiger partial charge in [-0.3, -0.25) is 9.59 Å². The quantitative estimate of drug-likeness (QED) is 0.814. The fourth-order valence-electron chi connectivity index (χ4n) is 1.91. The van der Waals surface area contributed by atoms with Crippen LogP contribution >= 0.6 is 11.3 Å². The van der Waals surface area contributed by atoms with Gasteiger partial charge in [-0.2, -0.15) is 5.26 Å². The molecule has 1 amide bonds. The van der Waals surface area contributed by atoms with E-state index in [1.54, 1.807) is 23.6 Å². The van der Waals surface area contributed by atoms with Gasteiger partial charge in [-0.15, -0.1) is 11.3 Å². The molecule has 0 fully saturated rings. The van der Waals surface area contributed by atoms with Gasteiger partial charge < -0.3 is 10.1 Å². The first-order valence-corrected chi connectivity index (χ1v) is 8.10. The van der Waals surface area contributed by atoms with Crippen molar-refractivity contribution in [3.8, 4) is 6.07 Å². The molecule has 2 aromatic rings. The van der Waals surface area contributed by atoms with Gasteiger partial charge in [0.1, 0.15) is 16.9 Å². The summed E-state index contributed by atoms with van der Waals surface area (Å²) in [6.07, 6.45) is -0.484. The zero-order valence-electron chi connectivity index (χ0n) is 12.9. The summed E-state index contributed by atoms with van der Waals surface area (Å²) in [6, 6.07) is 9.40. The number of carbonyl (C=O) groups is 2. The van der Waals surface area contributed by atoms with Crippen LogP contribution in [-0.2, 0) is 20.7 Å². The first kappa shape index (κ1) is 17.6. The Morgan fingerprint density at radius 3 is 2.71 bits per heavy atom. The zero-order chi connectivity index (χ0) is 17.5. The van der Waals surface area contributed by atoms with Crippen molar-refractivity contribution in [3.05, 3.63) is 52.7 Å². The highest BCUT2D eigenvalue weighted by atomic mass is 32.1. The van der Waals surface area contributed by atoms with Gasteiger partial charge in [-0.05, 0) is 42.5 Å². The van der Waals surface area contributed by atoms with Crippen LogP contribution in [0.3, 0.4) is 0 Å². The Kier molecular flexibility index (Phi) is 6.04. The smallest absolute Gasteiger partial charge is 0.306 e. The molecule has 0 aliphatic heterocycles. The molecule has 0 aliphatic rings. The third kappa shape index (κ3) is 4.89. The monoisotopic (exact) mass is 346 g/mol. The van der Waals surface area contributed by atoms with Crippen LogP contribution in [0.2, 0.25) is 0 Å².